The van der Waals surface area contributed by atoms with Gasteiger partial charge in [-0.2, -0.15) is 0 Å². The Morgan fingerprint density at radius 2 is 1.45 bits per heavy atom. The van der Waals surface area contributed by atoms with Crippen molar-refractivity contribution in [3.05, 3.63) is 21.7 Å². The highest BCUT2D eigenvalue weighted by molar-refractivity contribution is 5.33. The standard InChI is InChI=1S/C7H8O4/c1-3-5(8)7(10)6(9)4(2)11-3/h8-9H,1-2H3. The Bertz CT molecular complexity index is 308. The van der Waals surface area contributed by atoms with Crippen molar-refractivity contribution in [3.8, 4) is 11.5 Å². The van der Waals surface area contributed by atoms with Crippen LogP contribution in [0.3, 0.4) is 0 Å². The number of rotatable bonds is 0. The monoisotopic (exact) mass is 156 g/mol. The normalized spacial score (nSPS) is 10.0. The van der Waals surface area contributed by atoms with Crippen molar-refractivity contribution in [3.63, 3.8) is 0 Å². The summed E-state index contributed by atoms with van der Waals surface area (Å²) in [6.07, 6.45) is 0. The first-order valence-corrected chi connectivity index (χ1v) is 3.06. The molecule has 4 nitrogen and oxygen atoms in total. The molecule has 0 saturated heterocycles. The zero-order chi connectivity index (χ0) is 8.59. The lowest BCUT2D eigenvalue weighted by atomic mass is 10.3. The van der Waals surface area contributed by atoms with Gasteiger partial charge in [0.2, 0.25) is 11.5 Å². The van der Waals surface area contributed by atoms with E-state index in [0.29, 0.717) is 0 Å². The summed E-state index contributed by atoms with van der Waals surface area (Å²) >= 11 is 0. The lowest BCUT2D eigenvalue weighted by molar-refractivity contribution is 0.362. The van der Waals surface area contributed by atoms with Crippen LogP contribution < -0.4 is 5.43 Å². The minimum atomic E-state index is -0.786. The van der Waals surface area contributed by atoms with Crippen molar-refractivity contribution < 1.29 is 14.6 Å². The lowest BCUT2D eigenvalue weighted by Gasteiger charge is -2.00. The van der Waals surface area contributed by atoms with Gasteiger partial charge in [0.25, 0.3) is 5.43 Å². The molecule has 11 heavy (non-hydrogen) atoms. The number of hydrogen-bond donors (Lipinski definition) is 2. The molecule has 0 aliphatic carbocycles. The van der Waals surface area contributed by atoms with Crippen LogP contribution >= 0.6 is 0 Å². The van der Waals surface area contributed by atoms with E-state index in [1.807, 2.05) is 0 Å². The molecule has 0 aromatic carbocycles. The minimum absolute atomic E-state index is 0.116. The SMILES string of the molecule is Cc1oc(C)c(O)c(=O)c1O. The van der Waals surface area contributed by atoms with Crippen molar-refractivity contribution in [2.45, 2.75) is 13.8 Å². The molecule has 0 fully saturated rings. The number of aromatic hydroxyl groups is 2. The first kappa shape index (κ1) is 7.65. The predicted molar refractivity (Wildman–Crippen MR) is 37.8 cm³/mol. The van der Waals surface area contributed by atoms with Crippen LogP contribution in [0.2, 0.25) is 0 Å². The molecule has 0 radical (unpaired) electrons. The Hall–Kier alpha value is -1.45. The van der Waals surface area contributed by atoms with E-state index in [4.69, 9.17) is 14.6 Å². The van der Waals surface area contributed by atoms with Crippen LogP contribution in [0.5, 0.6) is 11.5 Å². The molecule has 4 heteroatoms. The van der Waals surface area contributed by atoms with Gasteiger partial charge in [0.15, 0.2) is 0 Å². The van der Waals surface area contributed by atoms with E-state index < -0.39 is 16.9 Å². The molecule has 0 aliphatic rings. The van der Waals surface area contributed by atoms with E-state index in [2.05, 4.69) is 0 Å². The summed E-state index contributed by atoms with van der Waals surface area (Å²) in [6, 6.07) is 0. The van der Waals surface area contributed by atoms with E-state index in [0.717, 1.165) is 0 Å². The molecule has 1 rings (SSSR count). The maximum atomic E-state index is 10.9. The first-order valence-electron chi connectivity index (χ1n) is 3.06. The number of hydrogen-bond acceptors (Lipinski definition) is 4. The summed E-state index contributed by atoms with van der Waals surface area (Å²) in [4.78, 5) is 10.9. The third-order valence-corrected chi connectivity index (χ3v) is 1.40. The topological polar surface area (TPSA) is 70.7 Å². The van der Waals surface area contributed by atoms with Crippen LogP contribution in [0, 0.1) is 13.8 Å². The molecular formula is C7H8O4. The molecule has 2 N–H and O–H groups in total. The molecule has 1 heterocycles. The van der Waals surface area contributed by atoms with E-state index in [1.165, 1.54) is 13.8 Å². The summed E-state index contributed by atoms with van der Waals surface area (Å²) in [5.74, 6) is -0.836. The van der Waals surface area contributed by atoms with Crippen LogP contribution in [-0.2, 0) is 0 Å². The molecule has 0 spiro atoms. The van der Waals surface area contributed by atoms with Crippen molar-refractivity contribution >= 4 is 0 Å². The van der Waals surface area contributed by atoms with E-state index in [1.54, 1.807) is 0 Å². The molecule has 0 unspecified atom stereocenters. The van der Waals surface area contributed by atoms with E-state index in [-0.39, 0.29) is 11.5 Å². The van der Waals surface area contributed by atoms with Crippen LogP contribution in [0.15, 0.2) is 9.21 Å². The van der Waals surface area contributed by atoms with Gasteiger partial charge in [0.05, 0.1) is 0 Å². The van der Waals surface area contributed by atoms with Crippen LogP contribution in [-0.4, -0.2) is 10.2 Å². The zero-order valence-electron chi connectivity index (χ0n) is 6.21. The van der Waals surface area contributed by atoms with E-state index >= 15 is 0 Å². The Morgan fingerprint density at radius 3 is 1.82 bits per heavy atom. The van der Waals surface area contributed by atoms with Gasteiger partial charge in [-0.15, -0.1) is 0 Å². The fourth-order valence-corrected chi connectivity index (χ4v) is 0.758. The van der Waals surface area contributed by atoms with Crippen LogP contribution in [0.4, 0.5) is 0 Å². The molecule has 0 bridgehead atoms. The highest BCUT2D eigenvalue weighted by Crippen LogP contribution is 2.18. The zero-order valence-corrected chi connectivity index (χ0v) is 6.21. The highest BCUT2D eigenvalue weighted by atomic mass is 16.4. The first-order chi connectivity index (χ1) is 5.04. The maximum Gasteiger partial charge on any atom is 0.268 e. The van der Waals surface area contributed by atoms with Gasteiger partial charge in [-0.05, 0) is 13.8 Å². The fourth-order valence-electron chi connectivity index (χ4n) is 0.758. The quantitative estimate of drug-likeness (QED) is 0.579. The average molecular weight is 156 g/mol. The largest absolute Gasteiger partial charge is 0.502 e. The van der Waals surface area contributed by atoms with Crippen molar-refractivity contribution in [1.29, 1.82) is 0 Å². The molecule has 1 aromatic rings. The van der Waals surface area contributed by atoms with Gasteiger partial charge < -0.3 is 14.6 Å². The summed E-state index contributed by atoms with van der Waals surface area (Å²) in [6.45, 7) is 2.90. The van der Waals surface area contributed by atoms with E-state index in [9.17, 15) is 4.79 Å². The second kappa shape index (κ2) is 2.30. The molecule has 1 aromatic heterocycles. The molecule has 60 valence electrons. The Kier molecular flexibility index (Phi) is 1.60. The summed E-state index contributed by atoms with van der Waals surface area (Å²) in [5.41, 5.74) is -0.786. The Morgan fingerprint density at radius 1 is 1.09 bits per heavy atom. The molecular weight excluding hydrogens is 148 g/mol. The summed E-state index contributed by atoms with van der Waals surface area (Å²) < 4.78 is 4.82. The van der Waals surface area contributed by atoms with Gasteiger partial charge in [-0.25, -0.2) is 0 Å². The number of aryl methyl sites for hydroxylation is 2. The van der Waals surface area contributed by atoms with Gasteiger partial charge in [0, 0.05) is 0 Å². The molecule has 0 saturated carbocycles. The summed E-state index contributed by atoms with van der Waals surface area (Å²) in [5, 5.41) is 17.9. The Balaban J connectivity index is 3.59. The van der Waals surface area contributed by atoms with Gasteiger partial charge in [0.1, 0.15) is 11.5 Å². The predicted octanol–water partition coefficient (Wildman–Crippen LogP) is 0.668. The maximum absolute atomic E-state index is 10.9. The molecule has 0 amide bonds. The average Bonchev–Trinajstić information content (AvgIpc) is 1.97. The summed E-state index contributed by atoms with van der Waals surface area (Å²) in [7, 11) is 0. The van der Waals surface area contributed by atoms with Gasteiger partial charge in [-0.1, -0.05) is 0 Å². The van der Waals surface area contributed by atoms with Crippen molar-refractivity contribution in [1.82, 2.24) is 0 Å². The van der Waals surface area contributed by atoms with Gasteiger partial charge in [-0.3, -0.25) is 4.79 Å². The van der Waals surface area contributed by atoms with Crippen molar-refractivity contribution in [2.24, 2.45) is 0 Å². The highest BCUT2D eigenvalue weighted by Gasteiger charge is 2.11. The van der Waals surface area contributed by atoms with Crippen LogP contribution in [0.25, 0.3) is 0 Å². The third kappa shape index (κ3) is 1.07. The smallest absolute Gasteiger partial charge is 0.268 e. The fraction of sp³-hybridized carbons (Fsp3) is 0.286. The Labute approximate surface area is 62.7 Å². The second-order valence-electron chi connectivity index (χ2n) is 2.24. The molecule has 0 aliphatic heterocycles. The second-order valence-corrected chi connectivity index (χ2v) is 2.24. The van der Waals surface area contributed by atoms with Gasteiger partial charge >= 0.3 is 0 Å². The van der Waals surface area contributed by atoms with Crippen LogP contribution in [0.1, 0.15) is 11.5 Å². The third-order valence-electron chi connectivity index (χ3n) is 1.40. The lowest BCUT2D eigenvalue weighted by Crippen LogP contribution is -2.02. The minimum Gasteiger partial charge on any atom is -0.502 e. The molecule has 0 atom stereocenters. The van der Waals surface area contributed by atoms with Crippen molar-refractivity contribution in [2.75, 3.05) is 0 Å².